The minimum Gasteiger partial charge on any atom is -0.326 e. The summed E-state index contributed by atoms with van der Waals surface area (Å²) in [7, 11) is 0. The smallest absolute Gasteiger partial charge is 0.0178 e. The van der Waals surface area contributed by atoms with E-state index in [1.807, 2.05) is 52.0 Å². The van der Waals surface area contributed by atoms with Crippen molar-refractivity contribution in [2.75, 3.05) is 0 Å². The van der Waals surface area contributed by atoms with E-state index in [0.29, 0.717) is 13.1 Å². The zero-order valence-electron chi connectivity index (χ0n) is 9.88. The molecule has 0 heterocycles. The van der Waals surface area contributed by atoms with Gasteiger partial charge in [0.05, 0.1) is 0 Å². The van der Waals surface area contributed by atoms with Crippen molar-refractivity contribution in [2.45, 2.75) is 40.8 Å². The molecule has 1 aromatic carbocycles. The number of hydrogen-bond acceptors (Lipinski definition) is 2. The van der Waals surface area contributed by atoms with Crippen molar-refractivity contribution in [1.29, 1.82) is 0 Å². The molecule has 0 fully saturated rings. The van der Waals surface area contributed by atoms with Gasteiger partial charge in [0, 0.05) is 13.1 Å². The van der Waals surface area contributed by atoms with Crippen molar-refractivity contribution in [3.8, 4) is 0 Å². The Hall–Kier alpha value is -0.860. The third kappa shape index (κ3) is 6.63. The Labute approximate surface area is 88.3 Å². The highest BCUT2D eigenvalue weighted by Gasteiger charge is 1.89. The van der Waals surface area contributed by atoms with Crippen molar-refractivity contribution < 1.29 is 0 Å². The predicted molar refractivity (Wildman–Crippen MR) is 64.9 cm³/mol. The number of rotatable bonds is 2. The fourth-order valence-corrected chi connectivity index (χ4v) is 0.884. The van der Waals surface area contributed by atoms with E-state index in [4.69, 9.17) is 11.5 Å². The van der Waals surface area contributed by atoms with Crippen LogP contribution in [0, 0.1) is 0 Å². The molecule has 0 saturated carbocycles. The molecule has 1 aromatic rings. The first kappa shape index (κ1) is 15.6. The van der Waals surface area contributed by atoms with E-state index in [9.17, 15) is 0 Å². The van der Waals surface area contributed by atoms with Crippen LogP contribution >= 0.6 is 0 Å². The molecule has 2 heteroatoms. The summed E-state index contributed by atoms with van der Waals surface area (Å²) in [6.45, 7) is 9.18. The van der Waals surface area contributed by atoms with E-state index in [-0.39, 0.29) is 0 Å². The first-order valence-corrected chi connectivity index (χ1v) is 5.34. The van der Waals surface area contributed by atoms with Gasteiger partial charge in [-0.05, 0) is 11.1 Å². The van der Waals surface area contributed by atoms with E-state index in [1.165, 1.54) is 0 Å². The lowest BCUT2D eigenvalue weighted by molar-refractivity contribution is 1.03. The standard InChI is InChI=1S/C8H12N2.2C2H6/c9-5-7-2-1-3-8(4-7)6-10;2*1-2/h1-4H,5-6,9-10H2;2*1-2H3. The molecule has 0 spiro atoms. The highest BCUT2D eigenvalue weighted by molar-refractivity contribution is 5.22. The third-order valence-electron chi connectivity index (χ3n) is 1.46. The summed E-state index contributed by atoms with van der Waals surface area (Å²) < 4.78 is 0. The van der Waals surface area contributed by atoms with Gasteiger partial charge in [0.15, 0.2) is 0 Å². The van der Waals surface area contributed by atoms with Crippen LogP contribution < -0.4 is 11.5 Å². The molecule has 14 heavy (non-hydrogen) atoms. The average Bonchev–Trinajstić information content (AvgIpc) is 2.34. The van der Waals surface area contributed by atoms with Crippen LogP contribution in [0.1, 0.15) is 38.8 Å². The monoisotopic (exact) mass is 196 g/mol. The van der Waals surface area contributed by atoms with Crippen molar-refractivity contribution in [3.05, 3.63) is 35.4 Å². The van der Waals surface area contributed by atoms with Gasteiger partial charge in [-0.1, -0.05) is 52.0 Å². The van der Waals surface area contributed by atoms with Gasteiger partial charge in [0.2, 0.25) is 0 Å². The lowest BCUT2D eigenvalue weighted by atomic mass is 10.1. The molecule has 0 bridgehead atoms. The van der Waals surface area contributed by atoms with Crippen LogP contribution in [0.5, 0.6) is 0 Å². The van der Waals surface area contributed by atoms with Crippen LogP contribution in [0.2, 0.25) is 0 Å². The van der Waals surface area contributed by atoms with Gasteiger partial charge in [0.25, 0.3) is 0 Å². The predicted octanol–water partition coefficient (Wildman–Crippen LogP) is 2.66. The van der Waals surface area contributed by atoms with E-state index in [0.717, 1.165) is 11.1 Å². The maximum atomic E-state index is 5.43. The molecule has 0 amide bonds. The van der Waals surface area contributed by atoms with Gasteiger partial charge in [-0.2, -0.15) is 0 Å². The summed E-state index contributed by atoms with van der Waals surface area (Å²) in [6, 6.07) is 8.00. The molecule has 0 atom stereocenters. The maximum absolute atomic E-state index is 5.43. The Kier molecular flexibility index (Phi) is 13.5. The summed E-state index contributed by atoms with van der Waals surface area (Å²) >= 11 is 0. The molecule has 0 radical (unpaired) electrons. The van der Waals surface area contributed by atoms with Crippen LogP contribution in [0.15, 0.2) is 24.3 Å². The van der Waals surface area contributed by atoms with E-state index in [1.54, 1.807) is 0 Å². The van der Waals surface area contributed by atoms with E-state index >= 15 is 0 Å². The van der Waals surface area contributed by atoms with Crippen molar-refractivity contribution in [3.63, 3.8) is 0 Å². The van der Waals surface area contributed by atoms with E-state index in [2.05, 4.69) is 0 Å². The molecule has 0 unspecified atom stereocenters. The number of nitrogens with two attached hydrogens (primary N) is 2. The second-order valence-corrected chi connectivity index (χ2v) is 2.23. The van der Waals surface area contributed by atoms with Gasteiger partial charge in [-0.25, -0.2) is 0 Å². The largest absolute Gasteiger partial charge is 0.326 e. The van der Waals surface area contributed by atoms with Crippen LogP contribution in [0.25, 0.3) is 0 Å². The van der Waals surface area contributed by atoms with Gasteiger partial charge in [-0.15, -0.1) is 0 Å². The molecule has 0 aliphatic rings. The maximum Gasteiger partial charge on any atom is 0.0178 e. The Balaban J connectivity index is 0. The molecular formula is C12H24N2. The number of benzene rings is 1. The van der Waals surface area contributed by atoms with Crippen LogP contribution in [-0.4, -0.2) is 0 Å². The van der Waals surface area contributed by atoms with Crippen LogP contribution in [0.4, 0.5) is 0 Å². The summed E-state index contributed by atoms with van der Waals surface area (Å²) in [5.41, 5.74) is 13.1. The molecular weight excluding hydrogens is 172 g/mol. The summed E-state index contributed by atoms with van der Waals surface area (Å²) in [6.07, 6.45) is 0. The van der Waals surface area contributed by atoms with Crippen LogP contribution in [-0.2, 0) is 13.1 Å². The van der Waals surface area contributed by atoms with Gasteiger partial charge in [-0.3, -0.25) is 0 Å². The second-order valence-electron chi connectivity index (χ2n) is 2.23. The second kappa shape index (κ2) is 12.1. The Bertz CT molecular complexity index is 190. The SMILES string of the molecule is CC.CC.NCc1cccc(CN)c1. The molecule has 0 aromatic heterocycles. The molecule has 0 saturated heterocycles. The quantitative estimate of drug-likeness (QED) is 0.764. The summed E-state index contributed by atoms with van der Waals surface area (Å²) in [4.78, 5) is 0. The third-order valence-corrected chi connectivity index (χ3v) is 1.46. The Morgan fingerprint density at radius 2 is 1.21 bits per heavy atom. The van der Waals surface area contributed by atoms with Gasteiger partial charge >= 0.3 is 0 Å². The average molecular weight is 196 g/mol. The molecule has 0 aliphatic carbocycles. The Morgan fingerprint density at radius 1 is 0.857 bits per heavy atom. The summed E-state index contributed by atoms with van der Waals surface area (Å²) in [5, 5.41) is 0. The van der Waals surface area contributed by atoms with Gasteiger partial charge < -0.3 is 11.5 Å². The Morgan fingerprint density at radius 3 is 1.50 bits per heavy atom. The fraction of sp³-hybridized carbons (Fsp3) is 0.500. The first-order valence-electron chi connectivity index (χ1n) is 5.34. The van der Waals surface area contributed by atoms with Crippen molar-refractivity contribution in [1.82, 2.24) is 0 Å². The molecule has 1 rings (SSSR count). The normalized spacial score (nSPS) is 7.86. The van der Waals surface area contributed by atoms with Crippen molar-refractivity contribution >= 4 is 0 Å². The lowest BCUT2D eigenvalue weighted by Crippen LogP contribution is -2.00. The fourth-order valence-electron chi connectivity index (χ4n) is 0.884. The van der Waals surface area contributed by atoms with E-state index < -0.39 is 0 Å². The molecule has 2 nitrogen and oxygen atoms in total. The molecule has 4 N–H and O–H groups in total. The highest BCUT2D eigenvalue weighted by Crippen LogP contribution is 2.02. The lowest BCUT2D eigenvalue weighted by Gasteiger charge is -1.98. The van der Waals surface area contributed by atoms with Crippen molar-refractivity contribution in [2.24, 2.45) is 11.5 Å². The first-order chi connectivity index (χ1) is 6.86. The zero-order valence-corrected chi connectivity index (χ0v) is 9.88. The molecule has 0 aliphatic heterocycles. The summed E-state index contributed by atoms with van der Waals surface area (Å²) in [5.74, 6) is 0. The number of hydrogen-bond donors (Lipinski definition) is 2. The zero-order chi connectivity index (χ0) is 11.4. The minimum absolute atomic E-state index is 0.591. The highest BCUT2D eigenvalue weighted by atomic mass is 14.5. The topological polar surface area (TPSA) is 52.0 Å². The van der Waals surface area contributed by atoms with Gasteiger partial charge in [0.1, 0.15) is 0 Å². The van der Waals surface area contributed by atoms with Crippen LogP contribution in [0.3, 0.4) is 0 Å². The molecule has 82 valence electrons. The minimum atomic E-state index is 0.591.